The number of likely N-dealkylation sites (tertiary alicyclic amines) is 1. The van der Waals surface area contributed by atoms with E-state index in [2.05, 4.69) is 29.6 Å². The van der Waals surface area contributed by atoms with Crippen LogP contribution in [-0.4, -0.2) is 53.2 Å². The van der Waals surface area contributed by atoms with E-state index in [0.717, 1.165) is 30.4 Å². The van der Waals surface area contributed by atoms with Gasteiger partial charge in [0.25, 0.3) is 0 Å². The van der Waals surface area contributed by atoms with Gasteiger partial charge in [0.15, 0.2) is 0 Å². The first-order chi connectivity index (χ1) is 16.0. The second-order valence-electron chi connectivity index (χ2n) is 9.20. The van der Waals surface area contributed by atoms with Crippen LogP contribution in [0.2, 0.25) is 0 Å². The Hall–Kier alpha value is -3.35. The zero-order valence-electron chi connectivity index (χ0n) is 18.4. The number of aliphatic carboxylic acids is 1. The highest BCUT2D eigenvalue weighted by Crippen LogP contribution is 2.44. The molecule has 2 N–H and O–H groups in total. The van der Waals surface area contributed by atoms with Gasteiger partial charge < -0.3 is 20.1 Å². The molecule has 1 aliphatic heterocycles. The first-order valence-corrected chi connectivity index (χ1v) is 11.7. The summed E-state index contributed by atoms with van der Waals surface area (Å²) in [4.78, 5) is 38.1. The lowest BCUT2D eigenvalue weighted by Crippen LogP contribution is -2.57. The predicted octanol–water partition coefficient (Wildman–Crippen LogP) is 3.77. The van der Waals surface area contributed by atoms with Gasteiger partial charge in [0.1, 0.15) is 12.6 Å². The summed E-state index contributed by atoms with van der Waals surface area (Å²) in [6.45, 7) is 0.677. The van der Waals surface area contributed by atoms with Gasteiger partial charge in [-0.1, -0.05) is 55.0 Å². The summed E-state index contributed by atoms with van der Waals surface area (Å²) in [5, 5.41) is 12.1. The second kappa shape index (κ2) is 8.89. The van der Waals surface area contributed by atoms with Crippen LogP contribution in [0.3, 0.4) is 0 Å². The molecule has 2 aliphatic carbocycles. The van der Waals surface area contributed by atoms with Crippen molar-refractivity contribution in [3.63, 3.8) is 0 Å². The average Bonchev–Trinajstić information content (AvgIpc) is 3.03. The number of hydrogen-bond donors (Lipinski definition) is 2. The van der Waals surface area contributed by atoms with E-state index < -0.39 is 18.1 Å². The lowest BCUT2D eigenvalue weighted by molar-refractivity contribution is -0.157. The van der Waals surface area contributed by atoms with Gasteiger partial charge in [-0.2, -0.15) is 0 Å². The van der Waals surface area contributed by atoms with Gasteiger partial charge in [0.2, 0.25) is 5.91 Å². The predicted molar refractivity (Wildman–Crippen MR) is 122 cm³/mol. The molecule has 2 atom stereocenters. The summed E-state index contributed by atoms with van der Waals surface area (Å²) in [6, 6.07) is 15.3. The number of amides is 2. The molecule has 3 aliphatic rings. The maximum atomic E-state index is 12.7. The molecule has 0 spiro atoms. The summed E-state index contributed by atoms with van der Waals surface area (Å²) in [5.41, 5.74) is 4.63. The zero-order valence-corrected chi connectivity index (χ0v) is 18.4. The summed E-state index contributed by atoms with van der Waals surface area (Å²) in [6.07, 6.45) is 3.03. The van der Waals surface area contributed by atoms with E-state index in [9.17, 15) is 19.5 Å². The normalized spacial score (nSPS) is 20.1. The van der Waals surface area contributed by atoms with Crippen molar-refractivity contribution < 1.29 is 24.2 Å². The molecule has 2 aromatic rings. The third-order valence-electron chi connectivity index (χ3n) is 7.39. The lowest BCUT2D eigenvalue weighted by Gasteiger charge is -2.40. The molecule has 33 heavy (non-hydrogen) atoms. The number of rotatable bonds is 7. The highest BCUT2D eigenvalue weighted by molar-refractivity contribution is 5.86. The Balaban J connectivity index is 1.22. The molecular formula is C26H28N2O5. The minimum Gasteiger partial charge on any atom is -0.480 e. The fourth-order valence-electron chi connectivity index (χ4n) is 5.22. The molecule has 2 amide bonds. The minimum atomic E-state index is -0.973. The first kappa shape index (κ1) is 21.5. The Morgan fingerprint density at radius 3 is 2.15 bits per heavy atom. The monoisotopic (exact) mass is 448 g/mol. The highest BCUT2D eigenvalue weighted by atomic mass is 16.5. The van der Waals surface area contributed by atoms with Crippen LogP contribution in [-0.2, 0) is 14.3 Å². The number of fused-ring (bicyclic) bond motifs is 3. The fraction of sp³-hybridized carbons (Fsp3) is 0.423. The van der Waals surface area contributed by atoms with Gasteiger partial charge in [-0.15, -0.1) is 0 Å². The quantitative estimate of drug-likeness (QED) is 0.672. The first-order valence-electron chi connectivity index (χ1n) is 11.7. The Morgan fingerprint density at radius 1 is 1.00 bits per heavy atom. The van der Waals surface area contributed by atoms with Crippen LogP contribution in [0.25, 0.3) is 11.1 Å². The van der Waals surface area contributed by atoms with Gasteiger partial charge >= 0.3 is 12.1 Å². The number of carbonyl (C=O) groups is 3. The molecule has 0 bridgehead atoms. The maximum absolute atomic E-state index is 12.7. The van der Waals surface area contributed by atoms with Crippen molar-refractivity contribution in [1.82, 2.24) is 10.2 Å². The molecule has 7 nitrogen and oxygen atoms in total. The minimum absolute atomic E-state index is 0.0238. The molecular weight excluding hydrogens is 420 g/mol. The number of carboxylic acids is 1. The molecule has 2 aromatic carbocycles. The molecule has 1 saturated heterocycles. The number of ether oxygens (including phenoxy) is 1. The standard InChI is InChI=1S/C26H28N2O5/c29-24(28-13-12-23(28)25(30)31)14-22(16-6-5-7-16)27-26(32)33-15-21-19-10-3-1-8-17(19)18-9-2-4-11-20(18)21/h1-4,8-11,16,21-23H,5-7,12-15H2,(H,27,32)(H,30,31). The van der Waals surface area contributed by atoms with Crippen LogP contribution in [0, 0.1) is 5.92 Å². The number of hydrogen-bond acceptors (Lipinski definition) is 4. The van der Waals surface area contributed by atoms with Crippen molar-refractivity contribution in [2.75, 3.05) is 13.2 Å². The molecule has 0 aromatic heterocycles. The Labute approximate surface area is 192 Å². The van der Waals surface area contributed by atoms with Crippen LogP contribution < -0.4 is 5.32 Å². The number of benzene rings is 2. The largest absolute Gasteiger partial charge is 0.480 e. The molecule has 7 heteroatoms. The summed E-state index contributed by atoms with van der Waals surface area (Å²) >= 11 is 0. The van der Waals surface area contributed by atoms with E-state index in [1.807, 2.05) is 24.3 Å². The van der Waals surface area contributed by atoms with Crippen molar-refractivity contribution >= 4 is 18.0 Å². The Morgan fingerprint density at radius 2 is 1.64 bits per heavy atom. The van der Waals surface area contributed by atoms with E-state index in [1.165, 1.54) is 16.0 Å². The molecule has 5 rings (SSSR count). The van der Waals surface area contributed by atoms with Crippen LogP contribution in [0.5, 0.6) is 0 Å². The van der Waals surface area contributed by atoms with Crippen molar-refractivity contribution in [2.45, 2.75) is 50.1 Å². The smallest absolute Gasteiger partial charge is 0.407 e. The molecule has 2 fully saturated rings. The van der Waals surface area contributed by atoms with Crippen LogP contribution in [0.1, 0.15) is 49.1 Å². The van der Waals surface area contributed by atoms with Crippen LogP contribution >= 0.6 is 0 Å². The number of nitrogens with one attached hydrogen (secondary N) is 1. The third-order valence-corrected chi connectivity index (χ3v) is 7.39. The molecule has 0 radical (unpaired) electrons. The Bertz CT molecular complexity index is 1030. The third kappa shape index (κ3) is 4.08. The van der Waals surface area contributed by atoms with Crippen molar-refractivity contribution in [2.24, 2.45) is 5.92 Å². The molecule has 2 unspecified atom stereocenters. The lowest BCUT2D eigenvalue weighted by atomic mass is 9.78. The molecule has 172 valence electrons. The number of nitrogens with zero attached hydrogens (tertiary/aromatic N) is 1. The Kier molecular flexibility index (Phi) is 5.79. The molecule has 1 heterocycles. The van der Waals surface area contributed by atoms with Gasteiger partial charge in [-0.3, -0.25) is 4.79 Å². The molecule has 1 saturated carbocycles. The maximum Gasteiger partial charge on any atom is 0.407 e. The fourth-order valence-corrected chi connectivity index (χ4v) is 5.22. The zero-order chi connectivity index (χ0) is 22.9. The van der Waals surface area contributed by atoms with E-state index in [-0.39, 0.29) is 36.8 Å². The SMILES string of the molecule is O=C(NC(CC(=O)N1CCC1C(=O)O)C1CCC1)OCC1c2ccccc2-c2ccccc21. The van der Waals surface area contributed by atoms with Gasteiger partial charge in [0, 0.05) is 24.9 Å². The summed E-state index contributed by atoms with van der Waals surface area (Å²) in [5.74, 6) is -0.993. The summed E-state index contributed by atoms with van der Waals surface area (Å²) in [7, 11) is 0. The van der Waals surface area contributed by atoms with Crippen LogP contribution in [0.15, 0.2) is 48.5 Å². The second-order valence-corrected chi connectivity index (χ2v) is 9.20. The number of carboxylic acid groups (broad SMARTS) is 1. The van der Waals surface area contributed by atoms with Crippen LogP contribution in [0.4, 0.5) is 4.79 Å². The number of alkyl carbamates (subject to hydrolysis) is 1. The van der Waals surface area contributed by atoms with E-state index >= 15 is 0 Å². The van der Waals surface area contributed by atoms with Gasteiger partial charge in [-0.05, 0) is 47.4 Å². The van der Waals surface area contributed by atoms with Crippen molar-refractivity contribution in [1.29, 1.82) is 0 Å². The van der Waals surface area contributed by atoms with Gasteiger partial charge in [0.05, 0.1) is 0 Å². The topological polar surface area (TPSA) is 95.9 Å². The summed E-state index contributed by atoms with van der Waals surface area (Å²) < 4.78 is 5.66. The van der Waals surface area contributed by atoms with E-state index in [1.54, 1.807) is 0 Å². The van der Waals surface area contributed by atoms with Crippen molar-refractivity contribution in [3.05, 3.63) is 59.7 Å². The number of carbonyl (C=O) groups excluding carboxylic acids is 2. The highest BCUT2D eigenvalue weighted by Gasteiger charge is 2.40. The average molecular weight is 449 g/mol. The van der Waals surface area contributed by atoms with Gasteiger partial charge in [-0.25, -0.2) is 9.59 Å². The van der Waals surface area contributed by atoms with E-state index in [4.69, 9.17) is 4.74 Å². The van der Waals surface area contributed by atoms with Crippen molar-refractivity contribution in [3.8, 4) is 11.1 Å². The van der Waals surface area contributed by atoms with E-state index in [0.29, 0.717) is 13.0 Å².